The number of hydrogen-bond donors (Lipinski definition) is 1. The van der Waals surface area contributed by atoms with Crippen LogP contribution in [-0.4, -0.2) is 15.0 Å². The number of fused-ring (bicyclic) bond motifs is 1. The monoisotopic (exact) mass is 308 g/mol. The molecule has 0 unspecified atom stereocenters. The fourth-order valence-corrected chi connectivity index (χ4v) is 2.62. The highest BCUT2D eigenvalue weighted by Gasteiger charge is 2.12. The average molecular weight is 308 g/mol. The van der Waals surface area contributed by atoms with Gasteiger partial charge in [0.2, 0.25) is 5.95 Å². The number of rotatable bonds is 4. The lowest BCUT2D eigenvalue weighted by molar-refractivity contribution is 0.811. The van der Waals surface area contributed by atoms with Crippen molar-refractivity contribution >= 4 is 22.5 Å². The summed E-state index contributed by atoms with van der Waals surface area (Å²) in [6.07, 6.45) is 3.46. The number of pyridine rings is 1. The van der Waals surface area contributed by atoms with Gasteiger partial charge in [-0.05, 0) is 47.7 Å². The molecule has 1 aromatic carbocycles. The number of anilines is 2. The van der Waals surface area contributed by atoms with Crippen LogP contribution in [0.25, 0.3) is 10.9 Å². The Kier molecular flexibility index (Phi) is 4.24. The third kappa shape index (κ3) is 3.31. The normalized spacial score (nSPS) is 11.4. The molecule has 0 aliphatic heterocycles. The maximum absolute atomic E-state index is 4.81. The summed E-state index contributed by atoms with van der Waals surface area (Å²) >= 11 is 0. The molecule has 0 saturated carbocycles. The van der Waals surface area contributed by atoms with Gasteiger partial charge in [-0.3, -0.25) is 4.98 Å². The molecule has 0 radical (unpaired) electrons. The molecule has 3 rings (SSSR count). The third-order valence-corrected chi connectivity index (χ3v) is 3.90. The van der Waals surface area contributed by atoms with Crippen LogP contribution in [0.4, 0.5) is 11.6 Å². The zero-order chi connectivity index (χ0) is 16.4. The van der Waals surface area contributed by atoms with Gasteiger partial charge in [0.05, 0.1) is 5.52 Å². The Balaban J connectivity index is 0.00000208. The second kappa shape index (κ2) is 6.32. The Bertz CT molecular complexity index is 816. The highest BCUT2D eigenvalue weighted by Crippen LogP contribution is 2.30. The summed E-state index contributed by atoms with van der Waals surface area (Å²) in [7, 11) is 0. The van der Waals surface area contributed by atoms with Crippen LogP contribution in [0.2, 0.25) is 0 Å². The lowest BCUT2D eigenvalue weighted by atomic mass is 9.95. The minimum atomic E-state index is 0. The van der Waals surface area contributed by atoms with Crippen molar-refractivity contribution in [1.29, 1.82) is 0 Å². The molecule has 0 bridgehead atoms. The number of nitrogens with zero attached hydrogens (tertiary/aromatic N) is 3. The molecule has 3 aromatic rings. The van der Waals surface area contributed by atoms with Gasteiger partial charge in [0.25, 0.3) is 0 Å². The van der Waals surface area contributed by atoms with Crippen molar-refractivity contribution < 1.29 is 1.43 Å². The van der Waals surface area contributed by atoms with Crippen molar-refractivity contribution in [3.63, 3.8) is 0 Å². The molecule has 2 heterocycles. The predicted molar refractivity (Wildman–Crippen MR) is 97.3 cm³/mol. The average Bonchev–Trinajstić information content (AvgIpc) is 2.54. The largest absolute Gasteiger partial charge is 0.324 e. The molecule has 0 saturated heterocycles. The Hall–Kier alpha value is -2.49. The van der Waals surface area contributed by atoms with E-state index in [1.54, 1.807) is 18.5 Å². The van der Waals surface area contributed by atoms with Gasteiger partial charge in [0.15, 0.2) is 0 Å². The van der Waals surface area contributed by atoms with E-state index in [9.17, 15) is 0 Å². The summed E-state index contributed by atoms with van der Waals surface area (Å²) in [6.45, 7) is 8.81. The van der Waals surface area contributed by atoms with Crippen LogP contribution in [0.1, 0.15) is 52.2 Å². The quantitative estimate of drug-likeness (QED) is 0.714. The highest BCUT2D eigenvalue weighted by molar-refractivity contribution is 5.86. The maximum atomic E-state index is 4.81. The van der Waals surface area contributed by atoms with E-state index in [0.29, 0.717) is 17.8 Å². The summed E-state index contributed by atoms with van der Waals surface area (Å²) in [5.74, 6) is 1.47. The number of hydrogen-bond acceptors (Lipinski definition) is 4. The molecule has 4 nitrogen and oxygen atoms in total. The lowest BCUT2D eigenvalue weighted by Crippen LogP contribution is -2.00. The molecule has 1 N–H and O–H groups in total. The van der Waals surface area contributed by atoms with Crippen molar-refractivity contribution in [3.8, 4) is 0 Å². The molecular weight excluding hydrogens is 284 g/mol. The first-order chi connectivity index (χ1) is 11.0. The fraction of sp³-hybridized carbons (Fsp3) is 0.316. The van der Waals surface area contributed by atoms with E-state index in [4.69, 9.17) is 4.98 Å². The van der Waals surface area contributed by atoms with E-state index >= 15 is 0 Å². The molecule has 23 heavy (non-hydrogen) atoms. The van der Waals surface area contributed by atoms with Gasteiger partial charge in [-0.1, -0.05) is 27.7 Å². The Morgan fingerprint density at radius 2 is 1.70 bits per heavy atom. The highest BCUT2D eigenvalue weighted by atomic mass is 15.1. The van der Waals surface area contributed by atoms with Crippen LogP contribution in [0.15, 0.2) is 42.7 Å². The first-order valence-electron chi connectivity index (χ1n) is 8.03. The van der Waals surface area contributed by atoms with Crippen LogP contribution in [0, 0.1) is 0 Å². The molecule has 0 amide bonds. The second-order valence-corrected chi connectivity index (χ2v) is 6.38. The maximum Gasteiger partial charge on any atom is 0.227 e. The fourth-order valence-electron chi connectivity index (χ4n) is 2.62. The zero-order valence-corrected chi connectivity index (χ0v) is 14.0. The van der Waals surface area contributed by atoms with Crippen molar-refractivity contribution in [2.45, 2.75) is 39.5 Å². The van der Waals surface area contributed by atoms with Crippen LogP contribution >= 0.6 is 0 Å². The van der Waals surface area contributed by atoms with Crippen LogP contribution in [-0.2, 0) is 0 Å². The molecule has 0 aliphatic rings. The van der Waals surface area contributed by atoms with Crippen molar-refractivity contribution in [3.05, 3.63) is 54.0 Å². The SMILES string of the molecule is CC(C)c1cc(C(C)C)c2cc(Nc3ncccn3)ccc2n1.[HH]. The Labute approximate surface area is 138 Å². The topological polar surface area (TPSA) is 50.7 Å². The van der Waals surface area contributed by atoms with E-state index in [-0.39, 0.29) is 1.43 Å². The molecule has 0 aliphatic carbocycles. The zero-order valence-electron chi connectivity index (χ0n) is 14.0. The van der Waals surface area contributed by atoms with Gasteiger partial charge >= 0.3 is 0 Å². The van der Waals surface area contributed by atoms with Crippen LogP contribution in [0.5, 0.6) is 0 Å². The molecule has 0 spiro atoms. The minimum absolute atomic E-state index is 0. The van der Waals surface area contributed by atoms with E-state index in [2.05, 4.69) is 61.2 Å². The molecule has 4 heteroatoms. The van der Waals surface area contributed by atoms with Crippen LogP contribution in [0.3, 0.4) is 0 Å². The van der Waals surface area contributed by atoms with Crippen molar-refractivity contribution in [2.75, 3.05) is 5.32 Å². The van der Waals surface area contributed by atoms with Crippen molar-refractivity contribution in [1.82, 2.24) is 15.0 Å². The number of benzene rings is 1. The van der Waals surface area contributed by atoms with Gasteiger partial charge in [0.1, 0.15) is 0 Å². The molecular formula is C19H24N4. The van der Waals surface area contributed by atoms with Gasteiger partial charge in [0, 0.05) is 30.6 Å². The van der Waals surface area contributed by atoms with Gasteiger partial charge in [-0.25, -0.2) is 9.97 Å². The predicted octanol–water partition coefficient (Wildman–Crippen LogP) is 5.26. The lowest BCUT2D eigenvalue weighted by Gasteiger charge is -2.15. The second-order valence-electron chi connectivity index (χ2n) is 6.38. The van der Waals surface area contributed by atoms with E-state index < -0.39 is 0 Å². The molecule has 2 aromatic heterocycles. The van der Waals surface area contributed by atoms with Crippen LogP contribution < -0.4 is 5.32 Å². The summed E-state index contributed by atoms with van der Waals surface area (Å²) in [5.41, 5.74) is 4.49. The third-order valence-electron chi connectivity index (χ3n) is 3.90. The summed E-state index contributed by atoms with van der Waals surface area (Å²) in [4.78, 5) is 13.2. The minimum Gasteiger partial charge on any atom is -0.324 e. The Morgan fingerprint density at radius 3 is 2.35 bits per heavy atom. The molecule has 120 valence electrons. The van der Waals surface area contributed by atoms with Gasteiger partial charge < -0.3 is 5.32 Å². The standard InChI is InChI=1S/C19H22N4.H2/c1-12(2)15-11-18(13(3)4)23-17-7-6-14(10-16(15)17)22-19-20-8-5-9-21-19;/h5-13H,1-4H3,(H,20,21,22);1H. The first kappa shape index (κ1) is 15.4. The van der Waals surface area contributed by atoms with Crippen molar-refractivity contribution in [2.24, 2.45) is 0 Å². The summed E-state index contributed by atoms with van der Waals surface area (Å²) in [6, 6.07) is 10.3. The van der Waals surface area contributed by atoms with E-state index in [1.807, 2.05) is 6.07 Å². The smallest absolute Gasteiger partial charge is 0.227 e. The van der Waals surface area contributed by atoms with E-state index in [0.717, 1.165) is 16.9 Å². The number of nitrogens with one attached hydrogen (secondary N) is 1. The van der Waals surface area contributed by atoms with E-state index in [1.165, 1.54) is 10.9 Å². The molecule has 0 fully saturated rings. The number of aromatic nitrogens is 3. The van der Waals surface area contributed by atoms with Gasteiger partial charge in [-0.15, -0.1) is 0 Å². The molecule has 0 atom stereocenters. The summed E-state index contributed by atoms with van der Waals surface area (Å²) in [5, 5.41) is 4.44. The van der Waals surface area contributed by atoms with Gasteiger partial charge in [-0.2, -0.15) is 0 Å². The first-order valence-corrected chi connectivity index (χ1v) is 8.03. The summed E-state index contributed by atoms with van der Waals surface area (Å²) < 4.78 is 0. The Morgan fingerprint density at radius 1 is 0.957 bits per heavy atom.